The lowest BCUT2D eigenvalue weighted by molar-refractivity contribution is 0.328. The number of rotatable bonds is 2. The van der Waals surface area contributed by atoms with Crippen LogP contribution in [0.5, 0.6) is 0 Å². The van der Waals surface area contributed by atoms with Crippen LogP contribution in [-0.4, -0.2) is 0 Å². The maximum absolute atomic E-state index is 2.46. The van der Waals surface area contributed by atoms with Crippen molar-refractivity contribution in [3.05, 3.63) is 35.4 Å². The van der Waals surface area contributed by atoms with E-state index in [9.17, 15) is 0 Å². The zero-order valence-corrected chi connectivity index (χ0v) is 12.9. The predicted molar refractivity (Wildman–Crippen MR) is 80.1 cm³/mol. The molecule has 0 unspecified atom stereocenters. The molecule has 0 heterocycles. The van der Waals surface area contributed by atoms with Gasteiger partial charge in [-0.3, -0.25) is 0 Å². The summed E-state index contributed by atoms with van der Waals surface area (Å²) in [4.78, 5) is 0. The van der Waals surface area contributed by atoms with Crippen molar-refractivity contribution in [2.75, 3.05) is 0 Å². The lowest BCUT2D eigenvalue weighted by Crippen LogP contribution is -2.19. The first kappa shape index (κ1) is 13.6. The summed E-state index contributed by atoms with van der Waals surface area (Å²) in [6.45, 7) is 14.0. The van der Waals surface area contributed by atoms with Gasteiger partial charge < -0.3 is 0 Å². The van der Waals surface area contributed by atoms with Gasteiger partial charge in [0.05, 0.1) is 0 Å². The molecule has 0 aromatic heterocycles. The Kier molecular flexibility index (Phi) is 3.12. The Hall–Kier alpha value is -0.780. The smallest absolute Gasteiger partial charge is 0.00413 e. The Morgan fingerprint density at radius 1 is 1.00 bits per heavy atom. The average molecular weight is 244 g/mol. The Morgan fingerprint density at radius 2 is 1.61 bits per heavy atom. The van der Waals surface area contributed by atoms with Gasteiger partial charge >= 0.3 is 0 Å². The Labute approximate surface area is 113 Å². The van der Waals surface area contributed by atoms with Gasteiger partial charge in [0, 0.05) is 0 Å². The molecule has 1 saturated carbocycles. The summed E-state index contributed by atoms with van der Waals surface area (Å²) in [6.07, 6.45) is 4.06. The minimum Gasteiger partial charge on any atom is -0.0617 e. The van der Waals surface area contributed by atoms with Crippen LogP contribution < -0.4 is 0 Å². The molecule has 0 bridgehead atoms. The molecule has 1 aliphatic rings. The van der Waals surface area contributed by atoms with Crippen LogP contribution in [0.3, 0.4) is 0 Å². The third kappa shape index (κ3) is 2.96. The SMILES string of the molecule is CC(C)(C)CC1(c2cccc(C(C)(C)C)c2)CC1. The Morgan fingerprint density at radius 3 is 2.06 bits per heavy atom. The normalized spacial score (nSPS) is 18.8. The first-order valence-corrected chi connectivity index (χ1v) is 7.24. The van der Waals surface area contributed by atoms with Crippen LogP contribution >= 0.6 is 0 Å². The topological polar surface area (TPSA) is 0 Å². The quantitative estimate of drug-likeness (QED) is 0.648. The monoisotopic (exact) mass is 244 g/mol. The minimum atomic E-state index is 0.258. The second-order valence-electron chi connectivity index (χ2n) is 8.35. The van der Waals surface area contributed by atoms with E-state index in [2.05, 4.69) is 65.8 Å². The van der Waals surface area contributed by atoms with Crippen molar-refractivity contribution in [2.24, 2.45) is 5.41 Å². The van der Waals surface area contributed by atoms with E-state index in [4.69, 9.17) is 0 Å². The highest BCUT2D eigenvalue weighted by atomic mass is 14.5. The molecule has 0 N–H and O–H groups in total. The average Bonchev–Trinajstić information content (AvgIpc) is 2.95. The number of benzene rings is 1. The zero-order chi connectivity index (χ0) is 13.6. The summed E-state index contributed by atoms with van der Waals surface area (Å²) in [7, 11) is 0. The first-order chi connectivity index (χ1) is 8.12. The van der Waals surface area contributed by atoms with E-state index in [0.29, 0.717) is 10.8 Å². The lowest BCUT2D eigenvalue weighted by atomic mass is 9.77. The molecule has 0 heteroatoms. The molecule has 1 aliphatic carbocycles. The van der Waals surface area contributed by atoms with Crippen molar-refractivity contribution < 1.29 is 0 Å². The maximum atomic E-state index is 2.46. The molecule has 0 aliphatic heterocycles. The van der Waals surface area contributed by atoms with Crippen LogP contribution in [0.1, 0.15) is 71.9 Å². The molecular formula is C18H28. The lowest BCUT2D eigenvalue weighted by Gasteiger charge is -2.28. The Balaban J connectivity index is 2.29. The standard InChI is InChI=1S/C18H28/c1-16(2,3)13-18(10-11-18)15-9-7-8-14(12-15)17(4,5)6/h7-9,12H,10-11,13H2,1-6H3. The maximum Gasteiger partial charge on any atom is -0.00413 e. The highest BCUT2D eigenvalue weighted by molar-refractivity contribution is 5.37. The highest BCUT2D eigenvalue weighted by Crippen LogP contribution is 2.55. The van der Waals surface area contributed by atoms with E-state index in [-0.39, 0.29) is 5.41 Å². The van der Waals surface area contributed by atoms with Gasteiger partial charge in [-0.05, 0) is 46.6 Å². The van der Waals surface area contributed by atoms with Crippen LogP contribution in [0.25, 0.3) is 0 Å². The fraction of sp³-hybridized carbons (Fsp3) is 0.667. The zero-order valence-electron chi connectivity index (χ0n) is 12.9. The van der Waals surface area contributed by atoms with Gasteiger partial charge in [0.25, 0.3) is 0 Å². The molecule has 0 saturated heterocycles. The summed E-state index contributed by atoms with van der Waals surface area (Å²) < 4.78 is 0. The van der Waals surface area contributed by atoms with Crippen LogP contribution in [0, 0.1) is 5.41 Å². The predicted octanol–water partition coefficient (Wildman–Crippen LogP) is 5.45. The summed E-state index contributed by atoms with van der Waals surface area (Å²) in [5.41, 5.74) is 4.21. The molecule has 18 heavy (non-hydrogen) atoms. The van der Waals surface area contributed by atoms with Crippen molar-refractivity contribution in [3.63, 3.8) is 0 Å². The van der Waals surface area contributed by atoms with E-state index < -0.39 is 0 Å². The molecular weight excluding hydrogens is 216 g/mol. The van der Waals surface area contributed by atoms with Crippen molar-refractivity contribution in [1.29, 1.82) is 0 Å². The van der Waals surface area contributed by atoms with Gasteiger partial charge in [-0.15, -0.1) is 0 Å². The summed E-state index contributed by atoms with van der Waals surface area (Å²) >= 11 is 0. The van der Waals surface area contributed by atoms with Gasteiger partial charge in [0.2, 0.25) is 0 Å². The number of hydrogen-bond donors (Lipinski definition) is 0. The van der Waals surface area contributed by atoms with Crippen molar-refractivity contribution >= 4 is 0 Å². The van der Waals surface area contributed by atoms with Crippen molar-refractivity contribution in [1.82, 2.24) is 0 Å². The summed E-state index contributed by atoms with van der Waals surface area (Å²) in [5.74, 6) is 0. The third-order valence-electron chi connectivity index (χ3n) is 4.06. The summed E-state index contributed by atoms with van der Waals surface area (Å²) in [5, 5.41) is 0. The molecule has 2 rings (SSSR count). The Bertz CT molecular complexity index is 422. The second-order valence-corrected chi connectivity index (χ2v) is 8.35. The van der Waals surface area contributed by atoms with E-state index in [0.717, 1.165) is 0 Å². The molecule has 0 spiro atoms. The fourth-order valence-corrected chi connectivity index (χ4v) is 3.05. The van der Waals surface area contributed by atoms with E-state index >= 15 is 0 Å². The van der Waals surface area contributed by atoms with Gasteiger partial charge in [-0.2, -0.15) is 0 Å². The van der Waals surface area contributed by atoms with Crippen LogP contribution in [0.4, 0.5) is 0 Å². The third-order valence-corrected chi connectivity index (χ3v) is 4.06. The fourth-order valence-electron chi connectivity index (χ4n) is 3.05. The molecule has 0 amide bonds. The van der Waals surface area contributed by atoms with Crippen LogP contribution in [0.2, 0.25) is 0 Å². The van der Waals surface area contributed by atoms with Gasteiger partial charge in [0.15, 0.2) is 0 Å². The molecule has 1 aromatic rings. The molecule has 1 fully saturated rings. The summed E-state index contributed by atoms with van der Waals surface area (Å²) in [6, 6.07) is 9.32. The molecule has 100 valence electrons. The first-order valence-electron chi connectivity index (χ1n) is 7.24. The van der Waals surface area contributed by atoms with Gasteiger partial charge in [-0.25, -0.2) is 0 Å². The molecule has 0 atom stereocenters. The van der Waals surface area contributed by atoms with Gasteiger partial charge in [-0.1, -0.05) is 65.8 Å². The minimum absolute atomic E-state index is 0.258. The van der Waals surface area contributed by atoms with E-state index in [1.54, 1.807) is 5.56 Å². The number of hydrogen-bond acceptors (Lipinski definition) is 0. The van der Waals surface area contributed by atoms with E-state index in [1.807, 2.05) is 0 Å². The van der Waals surface area contributed by atoms with Crippen molar-refractivity contribution in [2.45, 2.75) is 71.6 Å². The van der Waals surface area contributed by atoms with Crippen LogP contribution in [-0.2, 0) is 10.8 Å². The van der Waals surface area contributed by atoms with E-state index in [1.165, 1.54) is 24.8 Å². The van der Waals surface area contributed by atoms with Crippen molar-refractivity contribution in [3.8, 4) is 0 Å². The molecule has 0 radical (unpaired) electrons. The second kappa shape index (κ2) is 4.11. The highest BCUT2D eigenvalue weighted by Gasteiger charge is 2.46. The largest absolute Gasteiger partial charge is 0.0617 e. The van der Waals surface area contributed by atoms with Crippen LogP contribution in [0.15, 0.2) is 24.3 Å². The van der Waals surface area contributed by atoms with Gasteiger partial charge in [0.1, 0.15) is 0 Å². The molecule has 0 nitrogen and oxygen atoms in total. The molecule has 1 aromatic carbocycles.